The van der Waals surface area contributed by atoms with Gasteiger partial charge in [-0.3, -0.25) is 9.00 Å². The molecule has 0 aliphatic carbocycles. The van der Waals surface area contributed by atoms with Gasteiger partial charge in [-0.25, -0.2) is 4.98 Å². The van der Waals surface area contributed by atoms with E-state index < -0.39 is 10.8 Å². The third-order valence-corrected chi connectivity index (χ3v) is 4.95. The van der Waals surface area contributed by atoms with Crippen molar-refractivity contribution in [3.05, 3.63) is 65.0 Å². The number of nitrogens with zero attached hydrogens (tertiary/aromatic N) is 1. The van der Waals surface area contributed by atoms with E-state index in [-0.39, 0.29) is 5.91 Å². The molecule has 1 N–H and O–H groups in total. The molecular formula is C17H14N2O2S2. The van der Waals surface area contributed by atoms with Crippen LogP contribution in [0.5, 0.6) is 0 Å². The molecule has 0 fully saturated rings. The number of benzene rings is 2. The summed E-state index contributed by atoms with van der Waals surface area (Å²) in [5.74, 6) is -0.267. The van der Waals surface area contributed by atoms with Gasteiger partial charge in [-0.2, -0.15) is 0 Å². The molecule has 4 nitrogen and oxygen atoms in total. The topological polar surface area (TPSA) is 59.1 Å². The van der Waals surface area contributed by atoms with Gasteiger partial charge < -0.3 is 5.32 Å². The molecule has 3 rings (SSSR count). The van der Waals surface area contributed by atoms with Crippen molar-refractivity contribution in [3.63, 3.8) is 0 Å². The maximum absolute atomic E-state index is 12.3. The molecule has 0 spiro atoms. The van der Waals surface area contributed by atoms with Crippen LogP contribution in [0, 0.1) is 0 Å². The smallest absolute Gasteiger partial charge is 0.284 e. The summed E-state index contributed by atoms with van der Waals surface area (Å²) < 4.78 is 11.5. The highest BCUT2D eigenvalue weighted by Crippen LogP contribution is 2.22. The summed E-state index contributed by atoms with van der Waals surface area (Å²) in [5.41, 5.74) is 2.37. The molecule has 1 amide bonds. The van der Waals surface area contributed by atoms with E-state index in [4.69, 9.17) is 0 Å². The van der Waals surface area contributed by atoms with Gasteiger partial charge in [0.15, 0.2) is 5.01 Å². The first-order valence-corrected chi connectivity index (χ1v) is 9.33. The third kappa shape index (κ3) is 3.72. The summed E-state index contributed by atoms with van der Waals surface area (Å²) in [7, 11) is -1.08. The lowest BCUT2D eigenvalue weighted by molar-refractivity contribution is 0.102. The molecule has 1 unspecified atom stereocenters. The lowest BCUT2D eigenvalue weighted by atomic mass is 10.2. The van der Waals surface area contributed by atoms with Crippen molar-refractivity contribution >= 4 is 33.7 Å². The third-order valence-electron chi connectivity index (χ3n) is 3.19. The van der Waals surface area contributed by atoms with Gasteiger partial charge in [0.05, 0.1) is 5.69 Å². The van der Waals surface area contributed by atoms with Gasteiger partial charge in [0.25, 0.3) is 5.91 Å². The summed E-state index contributed by atoms with van der Waals surface area (Å²) in [6, 6.07) is 16.7. The number of rotatable bonds is 4. The van der Waals surface area contributed by atoms with Gasteiger partial charge in [-0.05, 0) is 18.2 Å². The monoisotopic (exact) mass is 342 g/mol. The van der Waals surface area contributed by atoms with Crippen molar-refractivity contribution in [1.29, 1.82) is 0 Å². The number of hydrogen-bond acceptors (Lipinski definition) is 4. The second-order valence-electron chi connectivity index (χ2n) is 4.84. The highest BCUT2D eigenvalue weighted by atomic mass is 32.2. The zero-order valence-corrected chi connectivity index (χ0v) is 14.0. The first kappa shape index (κ1) is 15.6. The Morgan fingerprint density at radius 2 is 1.91 bits per heavy atom. The molecule has 2 aromatic carbocycles. The van der Waals surface area contributed by atoms with Crippen LogP contribution in [0.25, 0.3) is 11.3 Å². The van der Waals surface area contributed by atoms with Gasteiger partial charge in [0.1, 0.15) is 0 Å². The zero-order chi connectivity index (χ0) is 16.2. The highest BCUT2D eigenvalue weighted by Gasteiger charge is 2.12. The van der Waals surface area contributed by atoms with E-state index in [0.29, 0.717) is 15.6 Å². The second kappa shape index (κ2) is 6.85. The number of thiazole rings is 1. The predicted molar refractivity (Wildman–Crippen MR) is 94.3 cm³/mol. The van der Waals surface area contributed by atoms with Crippen LogP contribution in [0.2, 0.25) is 0 Å². The molecule has 0 aliphatic rings. The van der Waals surface area contributed by atoms with E-state index in [1.54, 1.807) is 30.5 Å². The van der Waals surface area contributed by atoms with Crippen LogP contribution in [0.15, 0.2) is 64.9 Å². The summed E-state index contributed by atoms with van der Waals surface area (Å²) >= 11 is 1.30. The average Bonchev–Trinajstić information content (AvgIpc) is 3.06. The molecule has 23 heavy (non-hydrogen) atoms. The van der Waals surface area contributed by atoms with E-state index in [0.717, 1.165) is 11.3 Å². The van der Waals surface area contributed by atoms with Crippen LogP contribution >= 0.6 is 11.3 Å². The average molecular weight is 342 g/mol. The minimum atomic E-state index is -1.08. The Morgan fingerprint density at radius 1 is 1.13 bits per heavy atom. The van der Waals surface area contributed by atoms with Crippen molar-refractivity contribution < 1.29 is 9.00 Å². The largest absolute Gasteiger partial charge is 0.320 e. The highest BCUT2D eigenvalue weighted by molar-refractivity contribution is 7.84. The van der Waals surface area contributed by atoms with E-state index in [1.807, 2.05) is 35.7 Å². The van der Waals surface area contributed by atoms with Crippen LogP contribution in [0.4, 0.5) is 5.69 Å². The fourth-order valence-electron chi connectivity index (χ4n) is 2.06. The van der Waals surface area contributed by atoms with Crippen molar-refractivity contribution in [1.82, 2.24) is 4.98 Å². The number of hydrogen-bond donors (Lipinski definition) is 1. The molecule has 3 aromatic rings. The van der Waals surface area contributed by atoms with Crippen molar-refractivity contribution in [2.75, 3.05) is 11.6 Å². The van der Waals surface area contributed by atoms with Crippen molar-refractivity contribution in [2.24, 2.45) is 0 Å². The van der Waals surface area contributed by atoms with Gasteiger partial charge in [0, 0.05) is 38.6 Å². The minimum Gasteiger partial charge on any atom is -0.320 e. The standard InChI is InChI=1S/C17H14N2O2S2/c1-23(21)14-9-5-8-13(10-14)18-16(20)17-19-15(11-22-17)12-6-3-2-4-7-12/h2-11H,1H3,(H,18,20). The van der Waals surface area contributed by atoms with Crippen LogP contribution in [-0.4, -0.2) is 21.4 Å². The first-order valence-electron chi connectivity index (χ1n) is 6.89. The molecule has 1 heterocycles. The van der Waals surface area contributed by atoms with Crippen LogP contribution in [0.3, 0.4) is 0 Å². The lowest BCUT2D eigenvalue weighted by Gasteiger charge is -2.04. The maximum atomic E-state index is 12.3. The Hall–Kier alpha value is -2.31. The van der Waals surface area contributed by atoms with Crippen LogP contribution in [-0.2, 0) is 10.8 Å². The molecule has 6 heteroatoms. The van der Waals surface area contributed by atoms with Crippen LogP contribution in [0.1, 0.15) is 9.80 Å². The fraction of sp³-hybridized carbons (Fsp3) is 0.0588. The minimum absolute atomic E-state index is 0.267. The number of amides is 1. The van der Waals surface area contributed by atoms with E-state index in [1.165, 1.54) is 11.3 Å². The molecule has 0 aliphatic heterocycles. The van der Waals surface area contributed by atoms with Crippen molar-refractivity contribution in [2.45, 2.75) is 4.90 Å². The number of anilines is 1. The Morgan fingerprint density at radius 3 is 2.65 bits per heavy atom. The Kier molecular flexibility index (Phi) is 4.64. The SMILES string of the molecule is CS(=O)c1cccc(NC(=O)c2nc(-c3ccccc3)cs2)c1. The Bertz CT molecular complexity index is 860. The number of carbonyl (C=O) groups excluding carboxylic acids is 1. The number of carbonyl (C=O) groups is 1. The summed E-state index contributed by atoms with van der Waals surface area (Å²) in [6.07, 6.45) is 1.61. The predicted octanol–water partition coefficient (Wildman–Crippen LogP) is 3.80. The number of nitrogens with one attached hydrogen (secondary N) is 1. The molecule has 1 atom stereocenters. The molecular weight excluding hydrogens is 328 g/mol. The van der Waals surface area contributed by atoms with Gasteiger partial charge in [-0.15, -0.1) is 11.3 Å². The Labute approximate surface area is 140 Å². The van der Waals surface area contributed by atoms with Gasteiger partial charge in [0.2, 0.25) is 0 Å². The Balaban J connectivity index is 1.78. The maximum Gasteiger partial charge on any atom is 0.284 e. The molecule has 1 aromatic heterocycles. The van der Waals surface area contributed by atoms with Crippen molar-refractivity contribution in [3.8, 4) is 11.3 Å². The van der Waals surface area contributed by atoms with Crippen LogP contribution < -0.4 is 5.32 Å². The summed E-state index contributed by atoms with van der Waals surface area (Å²) in [6.45, 7) is 0. The van der Waals surface area contributed by atoms with E-state index >= 15 is 0 Å². The fourth-order valence-corrected chi connectivity index (χ4v) is 3.34. The zero-order valence-electron chi connectivity index (χ0n) is 12.4. The van der Waals surface area contributed by atoms with E-state index in [2.05, 4.69) is 10.3 Å². The molecule has 0 saturated carbocycles. The number of aromatic nitrogens is 1. The molecule has 0 radical (unpaired) electrons. The molecule has 0 saturated heterocycles. The molecule has 0 bridgehead atoms. The molecule has 116 valence electrons. The first-order chi connectivity index (χ1) is 11.1. The second-order valence-corrected chi connectivity index (χ2v) is 7.08. The normalized spacial score (nSPS) is 11.9. The van der Waals surface area contributed by atoms with Gasteiger partial charge >= 0.3 is 0 Å². The summed E-state index contributed by atoms with van der Waals surface area (Å²) in [4.78, 5) is 17.4. The summed E-state index contributed by atoms with van der Waals surface area (Å²) in [5, 5.41) is 5.05. The quantitative estimate of drug-likeness (QED) is 0.784. The van der Waals surface area contributed by atoms with Gasteiger partial charge in [-0.1, -0.05) is 36.4 Å². The lowest BCUT2D eigenvalue weighted by Crippen LogP contribution is -2.11. The van der Waals surface area contributed by atoms with E-state index in [9.17, 15) is 9.00 Å².